The molecule has 0 saturated heterocycles. The van der Waals surface area contributed by atoms with Crippen molar-refractivity contribution in [3.8, 4) is 0 Å². The topological polar surface area (TPSA) is 105 Å². The highest BCUT2D eigenvalue weighted by Crippen LogP contribution is 2.67. The quantitative estimate of drug-likeness (QED) is 0.716. The summed E-state index contributed by atoms with van der Waals surface area (Å²) >= 11 is 0. The highest BCUT2D eigenvalue weighted by atomic mass is 32.2. The van der Waals surface area contributed by atoms with Crippen molar-refractivity contribution in [3.63, 3.8) is 0 Å². The van der Waals surface area contributed by atoms with Crippen LogP contribution in [0.2, 0.25) is 0 Å². The summed E-state index contributed by atoms with van der Waals surface area (Å²) in [6.45, 7) is 4.86. The van der Waals surface area contributed by atoms with Crippen LogP contribution in [0.4, 0.5) is 5.82 Å². The molecule has 2 heterocycles. The maximum absolute atomic E-state index is 8.81. The summed E-state index contributed by atoms with van der Waals surface area (Å²) < 4.78 is 17.6. The predicted molar refractivity (Wildman–Crippen MR) is 95.3 cm³/mol. The fourth-order valence-corrected chi connectivity index (χ4v) is 4.16. The summed E-state index contributed by atoms with van der Waals surface area (Å²) in [5.74, 6) is 1.06. The van der Waals surface area contributed by atoms with Crippen molar-refractivity contribution < 1.29 is 8.42 Å². The summed E-state index contributed by atoms with van der Waals surface area (Å²) in [6, 6.07) is 2.70. The van der Waals surface area contributed by atoms with Gasteiger partial charge >= 0.3 is 0 Å². The van der Waals surface area contributed by atoms with Gasteiger partial charge < -0.3 is 9.88 Å². The van der Waals surface area contributed by atoms with Crippen molar-refractivity contribution in [2.24, 2.45) is 16.0 Å². The molecule has 0 amide bonds. The van der Waals surface area contributed by atoms with Crippen LogP contribution in [0.3, 0.4) is 0 Å². The standard InChI is InChI=1S/C16H22N4.H3NO2S/c1-15(2)5-6-16(15)8-11(9-16)20(3)14-12-4-7-17-13(12)18-10-19-14;1-4(2)3/h4,7,10-11H,5-6,8-9H2,1-3H3,(H,17,18,19);4H,(H2,1,2,3). The van der Waals surface area contributed by atoms with Crippen LogP contribution >= 0.6 is 0 Å². The Bertz CT molecular complexity index is 800. The first-order valence-corrected chi connectivity index (χ1v) is 9.40. The lowest BCUT2D eigenvalue weighted by molar-refractivity contribution is -0.125. The fourth-order valence-electron chi connectivity index (χ4n) is 4.16. The molecule has 7 nitrogen and oxygen atoms in total. The molecule has 132 valence electrons. The number of hydrogen-bond acceptors (Lipinski definition) is 5. The summed E-state index contributed by atoms with van der Waals surface area (Å²) in [7, 11) is -0.442. The van der Waals surface area contributed by atoms with Gasteiger partial charge in [0.15, 0.2) is 10.9 Å². The number of nitrogens with zero attached hydrogens (tertiary/aromatic N) is 3. The van der Waals surface area contributed by atoms with E-state index in [1.807, 2.05) is 6.20 Å². The lowest BCUT2D eigenvalue weighted by Crippen LogP contribution is -2.61. The average molecular weight is 351 g/mol. The van der Waals surface area contributed by atoms with Crippen LogP contribution in [-0.4, -0.2) is 36.5 Å². The molecular weight excluding hydrogens is 326 g/mol. The Morgan fingerprint density at radius 3 is 2.50 bits per heavy atom. The Kier molecular flexibility index (Phi) is 4.29. The number of H-pyrrole nitrogens is 1. The third kappa shape index (κ3) is 2.77. The SMILES string of the molecule is CN(c1ncnc2[nH]ccc12)C1CC2(CCC2(C)C)C1.N[SH](=O)=O. The first-order chi connectivity index (χ1) is 11.3. The first kappa shape index (κ1) is 17.2. The van der Waals surface area contributed by atoms with Gasteiger partial charge in [0.2, 0.25) is 0 Å². The van der Waals surface area contributed by atoms with Gasteiger partial charge in [-0.05, 0) is 42.6 Å². The fraction of sp³-hybridized carbons (Fsp3) is 0.625. The van der Waals surface area contributed by atoms with E-state index in [2.05, 4.69) is 52.0 Å². The van der Waals surface area contributed by atoms with E-state index < -0.39 is 10.9 Å². The van der Waals surface area contributed by atoms with Gasteiger partial charge in [0.1, 0.15) is 17.8 Å². The van der Waals surface area contributed by atoms with Crippen molar-refractivity contribution in [2.75, 3.05) is 11.9 Å². The Morgan fingerprint density at radius 2 is 1.96 bits per heavy atom. The molecule has 0 unspecified atom stereocenters. The van der Waals surface area contributed by atoms with Gasteiger partial charge in [0.05, 0.1) is 5.39 Å². The zero-order valence-corrected chi connectivity index (χ0v) is 15.2. The Labute approximate surface area is 143 Å². The Morgan fingerprint density at radius 1 is 1.29 bits per heavy atom. The van der Waals surface area contributed by atoms with Crippen LogP contribution in [0.1, 0.15) is 39.5 Å². The third-order valence-corrected chi connectivity index (χ3v) is 6.13. The van der Waals surface area contributed by atoms with Gasteiger partial charge in [-0.25, -0.2) is 23.5 Å². The maximum Gasteiger partial charge on any atom is 0.198 e. The van der Waals surface area contributed by atoms with Gasteiger partial charge in [0.25, 0.3) is 0 Å². The number of nitrogens with two attached hydrogens (primary N) is 1. The molecule has 0 aromatic carbocycles. The number of fused-ring (bicyclic) bond motifs is 1. The number of thiol groups is 1. The molecule has 4 rings (SSSR count). The smallest absolute Gasteiger partial charge is 0.198 e. The van der Waals surface area contributed by atoms with Crippen LogP contribution in [-0.2, 0) is 10.9 Å². The van der Waals surface area contributed by atoms with Crippen LogP contribution in [0.5, 0.6) is 0 Å². The summed E-state index contributed by atoms with van der Waals surface area (Å²) in [4.78, 5) is 14.3. The van der Waals surface area contributed by atoms with Gasteiger partial charge in [-0.1, -0.05) is 13.8 Å². The predicted octanol–water partition coefficient (Wildman–Crippen LogP) is 1.83. The van der Waals surface area contributed by atoms with Crippen molar-refractivity contribution in [1.82, 2.24) is 15.0 Å². The lowest BCUT2D eigenvalue weighted by atomic mass is 9.41. The van der Waals surface area contributed by atoms with Gasteiger partial charge in [-0.3, -0.25) is 0 Å². The second-order valence-corrected chi connectivity index (χ2v) is 8.13. The molecule has 0 radical (unpaired) electrons. The van der Waals surface area contributed by atoms with Crippen LogP contribution < -0.4 is 10.0 Å². The Balaban J connectivity index is 0.000000383. The van der Waals surface area contributed by atoms with Crippen molar-refractivity contribution in [2.45, 2.75) is 45.6 Å². The molecule has 3 N–H and O–H groups in total. The lowest BCUT2D eigenvalue weighted by Gasteiger charge is -2.66. The van der Waals surface area contributed by atoms with E-state index in [9.17, 15) is 0 Å². The molecule has 2 saturated carbocycles. The molecular formula is C16H25N5O2S. The molecule has 0 atom stereocenters. The van der Waals surface area contributed by atoms with Gasteiger partial charge in [-0.2, -0.15) is 0 Å². The Hall–Kier alpha value is -1.67. The first-order valence-electron chi connectivity index (χ1n) is 8.16. The van der Waals surface area contributed by atoms with Crippen LogP contribution in [0.15, 0.2) is 18.6 Å². The highest BCUT2D eigenvalue weighted by molar-refractivity contribution is 7.69. The van der Waals surface area contributed by atoms with E-state index in [1.54, 1.807) is 6.33 Å². The normalized spacial score (nSPS) is 27.3. The molecule has 0 bridgehead atoms. The number of aromatic amines is 1. The van der Waals surface area contributed by atoms with E-state index in [1.165, 1.54) is 25.7 Å². The van der Waals surface area contributed by atoms with Crippen molar-refractivity contribution in [3.05, 3.63) is 18.6 Å². The molecule has 2 aromatic rings. The van der Waals surface area contributed by atoms with E-state index in [0.717, 1.165) is 16.9 Å². The summed E-state index contributed by atoms with van der Waals surface area (Å²) in [6.07, 6.45) is 9.02. The number of nitrogens with one attached hydrogen (secondary N) is 1. The molecule has 0 aliphatic heterocycles. The largest absolute Gasteiger partial charge is 0.356 e. The van der Waals surface area contributed by atoms with Gasteiger partial charge in [-0.15, -0.1) is 0 Å². The number of aromatic nitrogens is 3. The second kappa shape index (κ2) is 6.00. The number of rotatable bonds is 2. The van der Waals surface area contributed by atoms with Crippen LogP contribution in [0.25, 0.3) is 11.0 Å². The minimum Gasteiger partial charge on any atom is -0.356 e. The number of anilines is 1. The molecule has 2 fully saturated rings. The van der Waals surface area contributed by atoms with E-state index in [-0.39, 0.29) is 0 Å². The second-order valence-electron chi connectivity index (χ2n) is 7.56. The van der Waals surface area contributed by atoms with Gasteiger partial charge in [0, 0.05) is 19.3 Å². The minimum absolute atomic E-state index is 0.541. The van der Waals surface area contributed by atoms with E-state index >= 15 is 0 Å². The molecule has 2 aliphatic carbocycles. The highest BCUT2D eigenvalue weighted by Gasteiger charge is 2.60. The molecule has 24 heavy (non-hydrogen) atoms. The zero-order chi connectivity index (χ0) is 17.5. The maximum atomic E-state index is 8.81. The van der Waals surface area contributed by atoms with E-state index in [0.29, 0.717) is 16.9 Å². The third-order valence-electron chi connectivity index (χ3n) is 6.13. The zero-order valence-electron chi connectivity index (χ0n) is 14.3. The summed E-state index contributed by atoms with van der Waals surface area (Å²) in [5.41, 5.74) is 2.08. The van der Waals surface area contributed by atoms with Crippen molar-refractivity contribution >= 4 is 27.7 Å². The number of hydrogen-bond donors (Lipinski definition) is 3. The van der Waals surface area contributed by atoms with Crippen LogP contribution in [0, 0.1) is 10.8 Å². The summed E-state index contributed by atoms with van der Waals surface area (Å²) in [5, 5.41) is 5.19. The van der Waals surface area contributed by atoms with Crippen molar-refractivity contribution in [1.29, 1.82) is 0 Å². The average Bonchev–Trinajstić information content (AvgIpc) is 2.92. The molecule has 1 spiro atoms. The molecule has 2 aromatic heterocycles. The molecule has 8 heteroatoms. The van der Waals surface area contributed by atoms with E-state index in [4.69, 9.17) is 8.42 Å². The monoisotopic (exact) mass is 351 g/mol. The molecule has 2 aliphatic rings. The minimum atomic E-state index is -2.62.